The zero-order chi connectivity index (χ0) is 15.0. The molecule has 4 heteroatoms. The third-order valence-corrected chi connectivity index (χ3v) is 2.25. The highest BCUT2D eigenvalue weighted by Crippen LogP contribution is 2.11. The van der Waals surface area contributed by atoms with Crippen molar-refractivity contribution in [1.29, 1.82) is 0 Å². The van der Waals surface area contributed by atoms with E-state index in [9.17, 15) is 4.79 Å². The summed E-state index contributed by atoms with van der Waals surface area (Å²) in [7, 11) is 0. The molecular formula is C16H21NO3. The lowest BCUT2D eigenvalue weighted by molar-refractivity contribution is -0.125. The lowest BCUT2D eigenvalue weighted by atomic mass is 10.2. The van der Waals surface area contributed by atoms with Crippen LogP contribution in [0.3, 0.4) is 0 Å². The Kier molecular flexibility index (Phi) is 6.23. The maximum atomic E-state index is 11.7. The molecule has 20 heavy (non-hydrogen) atoms. The van der Waals surface area contributed by atoms with Crippen molar-refractivity contribution >= 4 is 11.6 Å². The molecule has 0 unspecified atom stereocenters. The molecule has 1 aromatic carbocycles. The van der Waals surface area contributed by atoms with Crippen molar-refractivity contribution in [3.05, 3.63) is 29.8 Å². The number of rotatable bonds is 4. The number of amides is 1. The number of carbonyl (C=O) groups excluding carboxylic acids is 1. The number of benzene rings is 1. The second-order valence-electron chi connectivity index (χ2n) is 5.31. The Balaban J connectivity index is 2.58. The quantitative estimate of drug-likeness (QED) is 0.828. The standard InChI is InChI=1S/C16H21NO3/c1-16(2,3)20-12-15(19)17-14-9-6-8-13(11-14)7-4-5-10-18/h6,8-9,11,18H,5,10,12H2,1-3H3,(H,17,19). The second-order valence-corrected chi connectivity index (χ2v) is 5.31. The van der Waals surface area contributed by atoms with Gasteiger partial charge >= 0.3 is 0 Å². The van der Waals surface area contributed by atoms with Crippen molar-refractivity contribution in [2.45, 2.75) is 32.8 Å². The minimum absolute atomic E-state index is 0.0178. The number of nitrogens with one attached hydrogen (secondary N) is 1. The fourth-order valence-corrected chi connectivity index (χ4v) is 1.37. The lowest BCUT2D eigenvalue weighted by Crippen LogP contribution is -2.27. The van der Waals surface area contributed by atoms with Crippen LogP contribution in [0, 0.1) is 11.8 Å². The summed E-state index contributed by atoms with van der Waals surface area (Å²) >= 11 is 0. The summed E-state index contributed by atoms with van der Waals surface area (Å²) in [6.45, 7) is 5.77. The van der Waals surface area contributed by atoms with E-state index in [1.165, 1.54) is 0 Å². The van der Waals surface area contributed by atoms with Crippen molar-refractivity contribution in [2.24, 2.45) is 0 Å². The van der Waals surface area contributed by atoms with Gasteiger partial charge in [0.2, 0.25) is 5.91 Å². The van der Waals surface area contributed by atoms with Gasteiger partial charge in [0, 0.05) is 17.7 Å². The fourth-order valence-electron chi connectivity index (χ4n) is 1.37. The molecule has 0 heterocycles. The smallest absolute Gasteiger partial charge is 0.250 e. The average Bonchev–Trinajstić information content (AvgIpc) is 2.36. The highest BCUT2D eigenvalue weighted by atomic mass is 16.5. The van der Waals surface area contributed by atoms with E-state index in [-0.39, 0.29) is 24.7 Å². The Morgan fingerprint density at radius 1 is 1.40 bits per heavy atom. The molecule has 108 valence electrons. The minimum atomic E-state index is -0.338. The summed E-state index contributed by atoms with van der Waals surface area (Å²) in [5, 5.41) is 11.4. The molecule has 0 radical (unpaired) electrons. The topological polar surface area (TPSA) is 58.6 Å². The van der Waals surface area contributed by atoms with Gasteiger partial charge in [-0.3, -0.25) is 4.79 Å². The predicted molar refractivity (Wildman–Crippen MR) is 79.4 cm³/mol. The molecule has 2 N–H and O–H groups in total. The van der Waals surface area contributed by atoms with Gasteiger partial charge in [-0.25, -0.2) is 0 Å². The molecule has 0 aliphatic rings. The van der Waals surface area contributed by atoms with E-state index in [4.69, 9.17) is 9.84 Å². The van der Waals surface area contributed by atoms with Crippen LogP contribution in [-0.4, -0.2) is 29.8 Å². The van der Waals surface area contributed by atoms with Crippen LogP contribution in [-0.2, 0) is 9.53 Å². The summed E-state index contributed by atoms with van der Waals surface area (Å²) in [6.07, 6.45) is 0.440. The molecule has 4 nitrogen and oxygen atoms in total. The van der Waals surface area contributed by atoms with Crippen molar-refractivity contribution in [2.75, 3.05) is 18.5 Å². The first-order chi connectivity index (χ1) is 9.40. The van der Waals surface area contributed by atoms with Crippen molar-refractivity contribution in [3.63, 3.8) is 0 Å². The van der Waals surface area contributed by atoms with Crippen molar-refractivity contribution in [3.8, 4) is 11.8 Å². The van der Waals surface area contributed by atoms with Crippen LogP contribution in [0.5, 0.6) is 0 Å². The van der Waals surface area contributed by atoms with Crippen LogP contribution in [0.15, 0.2) is 24.3 Å². The van der Waals surface area contributed by atoms with Crippen LogP contribution in [0.4, 0.5) is 5.69 Å². The van der Waals surface area contributed by atoms with E-state index in [0.717, 1.165) is 5.56 Å². The summed E-state index contributed by atoms with van der Waals surface area (Å²) in [6, 6.07) is 7.26. The van der Waals surface area contributed by atoms with Gasteiger partial charge in [0.25, 0.3) is 0 Å². The zero-order valence-electron chi connectivity index (χ0n) is 12.2. The Labute approximate surface area is 120 Å². The molecule has 1 aromatic rings. The minimum Gasteiger partial charge on any atom is -0.395 e. The summed E-state index contributed by atoms with van der Waals surface area (Å²) in [4.78, 5) is 11.7. The van der Waals surface area contributed by atoms with Crippen LogP contribution < -0.4 is 5.32 Å². The first kappa shape index (κ1) is 16.2. The molecular weight excluding hydrogens is 254 g/mol. The highest BCUT2D eigenvalue weighted by Gasteiger charge is 2.12. The first-order valence-electron chi connectivity index (χ1n) is 6.54. The van der Waals surface area contributed by atoms with E-state index in [0.29, 0.717) is 12.1 Å². The summed E-state index contributed by atoms with van der Waals surface area (Å²) in [5.41, 5.74) is 1.14. The average molecular weight is 275 g/mol. The van der Waals surface area contributed by atoms with E-state index in [1.54, 1.807) is 12.1 Å². The van der Waals surface area contributed by atoms with Crippen molar-refractivity contribution < 1.29 is 14.6 Å². The van der Waals surface area contributed by atoms with Gasteiger partial charge in [-0.1, -0.05) is 17.9 Å². The van der Waals surface area contributed by atoms with Crippen LogP contribution in [0.25, 0.3) is 0 Å². The van der Waals surface area contributed by atoms with Gasteiger partial charge in [-0.05, 0) is 39.0 Å². The monoisotopic (exact) mass is 275 g/mol. The second kappa shape index (κ2) is 7.68. The van der Waals surface area contributed by atoms with Crippen LogP contribution in [0.1, 0.15) is 32.8 Å². The molecule has 0 spiro atoms. The molecule has 0 aliphatic heterocycles. The third kappa shape index (κ3) is 6.93. The number of anilines is 1. The van der Waals surface area contributed by atoms with Crippen molar-refractivity contribution in [1.82, 2.24) is 0 Å². The van der Waals surface area contributed by atoms with Crippen LogP contribution >= 0.6 is 0 Å². The van der Waals surface area contributed by atoms with Gasteiger partial charge in [-0.2, -0.15) is 0 Å². The van der Waals surface area contributed by atoms with Crippen LogP contribution in [0.2, 0.25) is 0 Å². The Bertz CT molecular complexity index is 506. The molecule has 0 saturated heterocycles. The molecule has 1 amide bonds. The normalized spacial score (nSPS) is 10.6. The number of hydrogen-bond donors (Lipinski definition) is 2. The molecule has 0 bridgehead atoms. The molecule has 0 aliphatic carbocycles. The molecule has 1 rings (SSSR count). The number of hydrogen-bond acceptors (Lipinski definition) is 3. The van der Waals surface area contributed by atoms with Gasteiger partial charge in [-0.15, -0.1) is 0 Å². The lowest BCUT2D eigenvalue weighted by Gasteiger charge is -2.19. The largest absolute Gasteiger partial charge is 0.395 e. The fraction of sp³-hybridized carbons (Fsp3) is 0.438. The van der Waals surface area contributed by atoms with Gasteiger partial charge < -0.3 is 15.2 Å². The third-order valence-electron chi connectivity index (χ3n) is 2.25. The molecule has 0 fully saturated rings. The first-order valence-corrected chi connectivity index (χ1v) is 6.54. The molecule has 0 atom stereocenters. The SMILES string of the molecule is CC(C)(C)OCC(=O)Nc1cccc(C#CCCO)c1. The highest BCUT2D eigenvalue weighted by molar-refractivity contribution is 5.91. The van der Waals surface area contributed by atoms with E-state index < -0.39 is 0 Å². The van der Waals surface area contributed by atoms with E-state index >= 15 is 0 Å². The summed E-state index contributed by atoms with van der Waals surface area (Å²) in [5.74, 6) is 5.57. The number of carbonyl (C=O) groups is 1. The van der Waals surface area contributed by atoms with E-state index in [2.05, 4.69) is 17.2 Å². The van der Waals surface area contributed by atoms with Gasteiger partial charge in [0.05, 0.1) is 12.2 Å². The zero-order valence-corrected chi connectivity index (χ0v) is 12.2. The van der Waals surface area contributed by atoms with E-state index in [1.807, 2.05) is 32.9 Å². The molecule has 0 saturated carbocycles. The Morgan fingerprint density at radius 2 is 2.15 bits per heavy atom. The number of ether oxygens (including phenoxy) is 1. The van der Waals surface area contributed by atoms with Gasteiger partial charge in [0.1, 0.15) is 6.61 Å². The predicted octanol–water partition coefficient (Wildman–Crippen LogP) is 2.17. The number of aliphatic hydroxyl groups is 1. The molecule has 0 aromatic heterocycles. The number of aliphatic hydroxyl groups excluding tert-OH is 1. The maximum absolute atomic E-state index is 11.7. The Morgan fingerprint density at radius 3 is 2.80 bits per heavy atom. The van der Waals surface area contributed by atoms with Gasteiger partial charge in [0.15, 0.2) is 0 Å². The Hall–Kier alpha value is -1.83. The summed E-state index contributed by atoms with van der Waals surface area (Å²) < 4.78 is 5.41. The maximum Gasteiger partial charge on any atom is 0.250 e.